The minimum Gasteiger partial charge on any atom is -0.497 e. The third kappa shape index (κ3) is 5.22. The summed E-state index contributed by atoms with van der Waals surface area (Å²) in [7, 11) is 5.27. The minimum absolute atomic E-state index is 0.766. The molecule has 0 bridgehead atoms. The summed E-state index contributed by atoms with van der Waals surface area (Å²) in [6, 6.07) is 12.3. The van der Waals surface area contributed by atoms with Gasteiger partial charge >= 0.3 is 0 Å². The molecule has 1 aliphatic rings. The lowest BCUT2D eigenvalue weighted by atomic mass is 10.1. The second-order valence-corrected chi connectivity index (χ2v) is 8.96. The topological polar surface area (TPSA) is 68.5 Å². The van der Waals surface area contributed by atoms with Crippen LogP contribution in [0.15, 0.2) is 55.0 Å². The van der Waals surface area contributed by atoms with E-state index in [1.807, 2.05) is 31.6 Å². The zero-order valence-electron chi connectivity index (χ0n) is 20.6. The van der Waals surface area contributed by atoms with Crippen LogP contribution in [0.2, 0.25) is 0 Å². The van der Waals surface area contributed by atoms with E-state index in [2.05, 4.69) is 44.1 Å². The zero-order valence-corrected chi connectivity index (χ0v) is 20.6. The van der Waals surface area contributed by atoms with Crippen molar-refractivity contribution in [1.82, 2.24) is 24.6 Å². The molecule has 0 radical (unpaired) electrons. The summed E-state index contributed by atoms with van der Waals surface area (Å²) in [6.45, 7) is 4.15. The van der Waals surface area contributed by atoms with Crippen LogP contribution in [0, 0.1) is 0 Å². The van der Waals surface area contributed by atoms with Gasteiger partial charge in [-0.3, -0.25) is 9.67 Å². The lowest BCUT2D eigenvalue weighted by Gasteiger charge is -2.31. The van der Waals surface area contributed by atoms with Gasteiger partial charge in [0.15, 0.2) is 0 Å². The van der Waals surface area contributed by atoms with Crippen LogP contribution in [-0.2, 0) is 7.05 Å². The number of rotatable bonds is 8. The highest BCUT2D eigenvalue weighted by Crippen LogP contribution is 2.34. The van der Waals surface area contributed by atoms with Gasteiger partial charge in [0.25, 0.3) is 0 Å². The van der Waals surface area contributed by atoms with Crippen molar-refractivity contribution in [2.24, 2.45) is 7.05 Å². The van der Waals surface area contributed by atoms with Gasteiger partial charge in [0.2, 0.25) is 0 Å². The quantitative estimate of drug-likeness (QED) is 0.369. The van der Waals surface area contributed by atoms with E-state index in [4.69, 9.17) is 14.5 Å². The van der Waals surface area contributed by atoms with Gasteiger partial charge in [0.05, 0.1) is 43.3 Å². The second-order valence-electron chi connectivity index (χ2n) is 8.96. The Balaban J connectivity index is 1.53. The number of hydrogen-bond donors (Lipinski definition) is 0. The fourth-order valence-corrected chi connectivity index (χ4v) is 4.64. The van der Waals surface area contributed by atoms with Crippen molar-refractivity contribution in [3.05, 3.63) is 55.0 Å². The van der Waals surface area contributed by atoms with Crippen LogP contribution < -0.4 is 14.4 Å². The van der Waals surface area contributed by atoms with Gasteiger partial charge < -0.3 is 19.3 Å². The van der Waals surface area contributed by atoms with Crippen LogP contribution in [0.3, 0.4) is 0 Å². The largest absolute Gasteiger partial charge is 0.497 e. The van der Waals surface area contributed by atoms with E-state index < -0.39 is 0 Å². The molecule has 3 heterocycles. The Morgan fingerprint density at radius 2 is 1.66 bits per heavy atom. The van der Waals surface area contributed by atoms with E-state index >= 15 is 0 Å². The molecule has 8 nitrogen and oxygen atoms in total. The Labute approximate surface area is 206 Å². The van der Waals surface area contributed by atoms with E-state index in [1.54, 1.807) is 25.1 Å². The molecule has 1 fully saturated rings. The number of aryl methyl sites for hydroxylation is 1. The van der Waals surface area contributed by atoms with Crippen molar-refractivity contribution >= 4 is 22.4 Å². The SMILES string of the molecule is COc1cc(OC)cc(N(CCN2CCCCC2)c2ccc3ncc(-c4cnn(C)c4)nc3c2)c1. The molecule has 0 aliphatic carbocycles. The molecule has 0 atom stereocenters. The van der Waals surface area contributed by atoms with Crippen LogP contribution in [0.5, 0.6) is 11.5 Å². The molecule has 0 amide bonds. The number of benzene rings is 2. The first-order valence-electron chi connectivity index (χ1n) is 12.1. The molecular formula is C27H32N6O2. The maximum atomic E-state index is 5.57. The summed E-state index contributed by atoms with van der Waals surface area (Å²) in [5, 5.41) is 4.27. The van der Waals surface area contributed by atoms with Gasteiger partial charge in [-0.15, -0.1) is 0 Å². The van der Waals surface area contributed by atoms with E-state index in [9.17, 15) is 0 Å². The summed E-state index contributed by atoms with van der Waals surface area (Å²) in [6.07, 6.45) is 9.45. The molecule has 5 rings (SSSR count). The van der Waals surface area contributed by atoms with Crippen molar-refractivity contribution in [2.45, 2.75) is 19.3 Å². The van der Waals surface area contributed by atoms with E-state index in [0.717, 1.165) is 71.3 Å². The number of piperidine rings is 1. The summed E-state index contributed by atoms with van der Waals surface area (Å²) in [5.74, 6) is 1.53. The molecule has 1 saturated heterocycles. The van der Waals surface area contributed by atoms with Crippen molar-refractivity contribution in [3.63, 3.8) is 0 Å². The van der Waals surface area contributed by atoms with Gasteiger partial charge in [0.1, 0.15) is 11.5 Å². The third-order valence-electron chi connectivity index (χ3n) is 6.57. The molecule has 0 N–H and O–H groups in total. The highest BCUT2D eigenvalue weighted by molar-refractivity contribution is 5.82. The number of hydrogen-bond acceptors (Lipinski definition) is 7. The lowest BCUT2D eigenvalue weighted by Crippen LogP contribution is -2.36. The maximum Gasteiger partial charge on any atom is 0.124 e. The first-order chi connectivity index (χ1) is 17.1. The number of nitrogens with zero attached hydrogens (tertiary/aromatic N) is 6. The number of aromatic nitrogens is 4. The molecule has 0 saturated carbocycles. The number of anilines is 2. The molecule has 2 aromatic carbocycles. The van der Waals surface area contributed by atoms with Crippen molar-refractivity contribution < 1.29 is 9.47 Å². The predicted molar refractivity (Wildman–Crippen MR) is 139 cm³/mol. The van der Waals surface area contributed by atoms with Crippen LogP contribution in [0.4, 0.5) is 11.4 Å². The van der Waals surface area contributed by atoms with Gasteiger partial charge in [-0.2, -0.15) is 5.10 Å². The Morgan fingerprint density at radius 1 is 0.886 bits per heavy atom. The summed E-state index contributed by atoms with van der Waals surface area (Å²) in [5.41, 5.74) is 5.55. The van der Waals surface area contributed by atoms with Crippen LogP contribution in [0.25, 0.3) is 22.3 Å². The molecule has 35 heavy (non-hydrogen) atoms. The van der Waals surface area contributed by atoms with Crippen LogP contribution in [-0.4, -0.2) is 65.0 Å². The third-order valence-corrected chi connectivity index (χ3v) is 6.57. The number of ether oxygens (including phenoxy) is 2. The number of methoxy groups -OCH3 is 2. The summed E-state index contributed by atoms with van der Waals surface area (Å²) >= 11 is 0. The molecule has 182 valence electrons. The Bertz CT molecular complexity index is 1280. The Kier molecular flexibility index (Phi) is 6.81. The fourth-order valence-electron chi connectivity index (χ4n) is 4.64. The van der Waals surface area contributed by atoms with Gasteiger partial charge in [-0.25, -0.2) is 4.98 Å². The molecular weight excluding hydrogens is 440 g/mol. The van der Waals surface area contributed by atoms with E-state index in [1.165, 1.54) is 19.3 Å². The van der Waals surface area contributed by atoms with Gasteiger partial charge in [-0.1, -0.05) is 6.42 Å². The molecule has 1 aliphatic heterocycles. The minimum atomic E-state index is 0.766. The van der Waals surface area contributed by atoms with Gasteiger partial charge in [-0.05, 0) is 44.1 Å². The highest BCUT2D eigenvalue weighted by atomic mass is 16.5. The summed E-state index contributed by atoms with van der Waals surface area (Å²) in [4.78, 5) is 14.4. The predicted octanol–water partition coefficient (Wildman–Crippen LogP) is 4.67. The first kappa shape index (κ1) is 23.1. The van der Waals surface area contributed by atoms with Crippen molar-refractivity contribution in [1.29, 1.82) is 0 Å². The van der Waals surface area contributed by atoms with Crippen molar-refractivity contribution in [3.8, 4) is 22.8 Å². The molecule has 0 unspecified atom stereocenters. The van der Waals surface area contributed by atoms with Crippen LogP contribution in [0.1, 0.15) is 19.3 Å². The molecule has 4 aromatic rings. The Morgan fingerprint density at radius 3 is 2.34 bits per heavy atom. The molecule has 0 spiro atoms. The normalized spacial score (nSPS) is 14.3. The van der Waals surface area contributed by atoms with Gasteiger partial charge in [0, 0.05) is 61.5 Å². The monoisotopic (exact) mass is 472 g/mol. The van der Waals surface area contributed by atoms with Crippen LogP contribution >= 0.6 is 0 Å². The molecule has 2 aromatic heterocycles. The average molecular weight is 473 g/mol. The maximum absolute atomic E-state index is 5.57. The van der Waals surface area contributed by atoms with Crippen molar-refractivity contribution in [2.75, 3.05) is 45.3 Å². The highest BCUT2D eigenvalue weighted by Gasteiger charge is 2.17. The summed E-state index contributed by atoms with van der Waals surface area (Å²) < 4.78 is 12.9. The first-order valence-corrected chi connectivity index (χ1v) is 12.1. The molecule has 8 heteroatoms. The lowest BCUT2D eigenvalue weighted by molar-refractivity contribution is 0.234. The Hall–Kier alpha value is -3.65. The standard InChI is InChI=1S/C27H32N6O2/c1-31-19-20(17-29-31)27-18-28-25-8-7-21(15-26(25)30-27)33(12-11-32-9-5-4-6-10-32)22-13-23(34-2)16-24(14-22)35-3/h7-8,13-19H,4-6,9-12H2,1-3H3. The van der Waals surface area contributed by atoms with E-state index in [0.29, 0.717) is 0 Å². The zero-order chi connectivity index (χ0) is 24.2. The smallest absolute Gasteiger partial charge is 0.124 e. The number of fused-ring (bicyclic) bond motifs is 1. The van der Waals surface area contributed by atoms with E-state index in [-0.39, 0.29) is 0 Å². The second kappa shape index (κ2) is 10.3. The number of likely N-dealkylation sites (tertiary alicyclic amines) is 1. The average Bonchev–Trinajstić information content (AvgIpc) is 3.35. The fraction of sp³-hybridized carbons (Fsp3) is 0.370.